The maximum absolute atomic E-state index is 5.28. The van der Waals surface area contributed by atoms with Crippen LogP contribution in [0.25, 0.3) is 0 Å². The third-order valence-electron chi connectivity index (χ3n) is 4.20. The van der Waals surface area contributed by atoms with Gasteiger partial charge in [0.05, 0.1) is 6.10 Å². The minimum Gasteiger partial charge on any atom is -0.382 e. The van der Waals surface area contributed by atoms with E-state index in [1.807, 2.05) is 0 Å². The Hall–Kier alpha value is -0.860. The van der Waals surface area contributed by atoms with Crippen LogP contribution in [-0.2, 0) is 16.7 Å². The molecule has 0 spiro atoms. The number of aryl methyl sites for hydroxylation is 1. The van der Waals surface area contributed by atoms with Crippen molar-refractivity contribution in [2.45, 2.75) is 51.2 Å². The van der Waals surface area contributed by atoms with E-state index in [0.29, 0.717) is 6.10 Å². The first kappa shape index (κ1) is 13.6. The number of ether oxygens (including phenoxy) is 1. The van der Waals surface area contributed by atoms with Gasteiger partial charge in [0, 0.05) is 12.6 Å². The van der Waals surface area contributed by atoms with Crippen LogP contribution in [0, 0.1) is 0 Å². The van der Waals surface area contributed by atoms with Gasteiger partial charge in [-0.1, -0.05) is 24.3 Å². The van der Waals surface area contributed by atoms with Crippen molar-refractivity contribution in [1.29, 1.82) is 0 Å². The van der Waals surface area contributed by atoms with Crippen LogP contribution in [0.3, 0.4) is 0 Å². The molecule has 100 valence electrons. The van der Waals surface area contributed by atoms with Crippen molar-refractivity contribution in [3.63, 3.8) is 0 Å². The topological polar surface area (TPSA) is 21.3 Å². The van der Waals surface area contributed by atoms with E-state index in [9.17, 15) is 0 Å². The summed E-state index contributed by atoms with van der Waals surface area (Å²) in [6.07, 6.45) is 5.06. The van der Waals surface area contributed by atoms with E-state index in [1.165, 1.54) is 24.0 Å². The van der Waals surface area contributed by atoms with Crippen LogP contribution in [0.5, 0.6) is 0 Å². The Morgan fingerprint density at radius 1 is 1.33 bits per heavy atom. The molecule has 1 aromatic carbocycles. The van der Waals surface area contributed by atoms with Gasteiger partial charge in [0.15, 0.2) is 0 Å². The van der Waals surface area contributed by atoms with Gasteiger partial charge < -0.3 is 10.1 Å². The third-order valence-corrected chi connectivity index (χ3v) is 4.20. The molecule has 0 aromatic heterocycles. The van der Waals surface area contributed by atoms with Crippen LogP contribution in [0.15, 0.2) is 24.3 Å². The summed E-state index contributed by atoms with van der Waals surface area (Å²) in [5.74, 6) is 0. The third kappa shape index (κ3) is 3.12. The maximum Gasteiger partial charge on any atom is 0.0546 e. The molecular weight excluding hydrogens is 222 g/mol. The molecule has 2 rings (SSSR count). The van der Waals surface area contributed by atoms with E-state index in [4.69, 9.17) is 4.74 Å². The zero-order valence-electron chi connectivity index (χ0n) is 11.8. The molecule has 2 heteroatoms. The average molecular weight is 247 g/mol. The molecule has 2 nitrogen and oxygen atoms in total. The average Bonchev–Trinajstić information content (AvgIpc) is 2.84. The molecule has 1 aromatic rings. The highest BCUT2D eigenvalue weighted by molar-refractivity contribution is 5.29. The highest BCUT2D eigenvalue weighted by Crippen LogP contribution is 2.30. The number of methoxy groups -OCH3 is 1. The molecule has 0 saturated carbocycles. The summed E-state index contributed by atoms with van der Waals surface area (Å²) in [7, 11) is 1.78. The van der Waals surface area contributed by atoms with E-state index >= 15 is 0 Å². The Balaban J connectivity index is 1.97. The highest BCUT2D eigenvalue weighted by atomic mass is 16.5. The van der Waals surface area contributed by atoms with Gasteiger partial charge in [0.25, 0.3) is 0 Å². The van der Waals surface area contributed by atoms with E-state index in [1.54, 1.807) is 7.11 Å². The van der Waals surface area contributed by atoms with Gasteiger partial charge in [0.2, 0.25) is 0 Å². The molecule has 2 atom stereocenters. The second-order valence-corrected chi connectivity index (χ2v) is 5.64. The predicted octanol–water partition coefficient (Wildman–Crippen LogP) is 3.25. The molecule has 18 heavy (non-hydrogen) atoms. The van der Waals surface area contributed by atoms with E-state index in [-0.39, 0.29) is 5.54 Å². The molecule has 2 unspecified atom stereocenters. The van der Waals surface area contributed by atoms with Gasteiger partial charge in [-0.3, -0.25) is 0 Å². The van der Waals surface area contributed by atoms with Crippen LogP contribution >= 0.6 is 0 Å². The summed E-state index contributed by atoms with van der Waals surface area (Å²) < 4.78 is 5.28. The highest BCUT2D eigenvalue weighted by Gasteiger charge is 2.29. The molecule has 1 aliphatic heterocycles. The Morgan fingerprint density at radius 3 is 2.61 bits per heavy atom. The summed E-state index contributed by atoms with van der Waals surface area (Å²) in [5.41, 5.74) is 3.02. The van der Waals surface area contributed by atoms with E-state index < -0.39 is 0 Å². The molecule has 1 N–H and O–H groups in total. The van der Waals surface area contributed by atoms with Crippen LogP contribution in [0.1, 0.15) is 44.2 Å². The fourth-order valence-corrected chi connectivity index (χ4v) is 2.67. The zero-order valence-corrected chi connectivity index (χ0v) is 11.8. The van der Waals surface area contributed by atoms with Crippen molar-refractivity contribution in [1.82, 2.24) is 5.32 Å². The van der Waals surface area contributed by atoms with Gasteiger partial charge >= 0.3 is 0 Å². The lowest BCUT2D eigenvalue weighted by atomic mass is 9.89. The number of benzene rings is 1. The van der Waals surface area contributed by atoms with E-state index in [0.717, 1.165) is 19.4 Å². The minimum atomic E-state index is 0.193. The van der Waals surface area contributed by atoms with Crippen molar-refractivity contribution in [2.75, 3.05) is 13.7 Å². The molecular formula is C16H25NO. The Kier molecular flexibility index (Phi) is 4.41. The largest absolute Gasteiger partial charge is 0.382 e. The Labute approximate surface area is 111 Å². The lowest BCUT2D eigenvalue weighted by Crippen LogP contribution is -2.32. The van der Waals surface area contributed by atoms with Gasteiger partial charge in [-0.15, -0.1) is 0 Å². The van der Waals surface area contributed by atoms with Crippen molar-refractivity contribution in [3.05, 3.63) is 35.4 Å². The molecule has 1 aliphatic rings. The molecule has 0 amide bonds. The number of rotatable bonds is 5. The second-order valence-electron chi connectivity index (χ2n) is 5.64. The fourth-order valence-electron chi connectivity index (χ4n) is 2.67. The van der Waals surface area contributed by atoms with Crippen molar-refractivity contribution >= 4 is 0 Å². The SMILES string of the molecule is COC(C)CCc1ccc(C2(C)CCCN2)cc1. The van der Waals surface area contributed by atoms with Crippen LogP contribution in [-0.4, -0.2) is 19.8 Å². The molecule has 1 saturated heterocycles. The number of nitrogens with one attached hydrogen (secondary N) is 1. The normalized spacial score (nSPS) is 25.3. The standard InChI is InChI=1S/C16H25NO/c1-13(18-3)5-6-14-7-9-15(10-8-14)16(2)11-4-12-17-16/h7-10,13,17H,4-6,11-12H2,1-3H3. The van der Waals surface area contributed by atoms with Crippen molar-refractivity contribution < 1.29 is 4.74 Å². The summed E-state index contributed by atoms with van der Waals surface area (Å²) >= 11 is 0. The lowest BCUT2D eigenvalue weighted by molar-refractivity contribution is 0.111. The van der Waals surface area contributed by atoms with Gasteiger partial charge in [-0.2, -0.15) is 0 Å². The minimum absolute atomic E-state index is 0.193. The zero-order chi connectivity index (χ0) is 13.0. The van der Waals surface area contributed by atoms with Gasteiger partial charge in [-0.05, 0) is 57.2 Å². The molecule has 0 radical (unpaired) electrons. The molecule has 0 aliphatic carbocycles. The van der Waals surface area contributed by atoms with Crippen LogP contribution in [0.4, 0.5) is 0 Å². The molecule has 0 bridgehead atoms. The van der Waals surface area contributed by atoms with Gasteiger partial charge in [-0.25, -0.2) is 0 Å². The summed E-state index contributed by atoms with van der Waals surface area (Å²) in [6.45, 7) is 5.57. The first-order valence-corrected chi connectivity index (χ1v) is 7.01. The maximum atomic E-state index is 5.28. The van der Waals surface area contributed by atoms with E-state index in [2.05, 4.69) is 43.4 Å². The Bertz CT molecular complexity index is 365. The Morgan fingerprint density at radius 2 is 2.06 bits per heavy atom. The van der Waals surface area contributed by atoms with Gasteiger partial charge in [0.1, 0.15) is 0 Å². The smallest absolute Gasteiger partial charge is 0.0546 e. The van der Waals surface area contributed by atoms with Crippen molar-refractivity contribution in [3.8, 4) is 0 Å². The molecule has 1 fully saturated rings. The second kappa shape index (κ2) is 5.85. The summed E-state index contributed by atoms with van der Waals surface area (Å²) in [4.78, 5) is 0. The fraction of sp³-hybridized carbons (Fsp3) is 0.625. The first-order chi connectivity index (χ1) is 8.64. The summed E-state index contributed by atoms with van der Waals surface area (Å²) in [5, 5.41) is 3.61. The van der Waals surface area contributed by atoms with Crippen molar-refractivity contribution in [2.24, 2.45) is 0 Å². The quantitative estimate of drug-likeness (QED) is 0.862. The van der Waals surface area contributed by atoms with Crippen LogP contribution < -0.4 is 5.32 Å². The number of hydrogen-bond donors (Lipinski definition) is 1. The monoisotopic (exact) mass is 247 g/mol. The molecule has 1 heterocycles. The number of hydrogen-bond acceptors (Lipinski definition) is 2. The summed E-state index contributed by atoms with van der Waals surface area (Å²) in [6, 6.07) is 9.10. The first-order valence-electron chi connectivity index (χ1n) is 7.01. The predicted molar refractivity (Wildman–Crippen MR) is 75.8 cm³/mol. The van der Waals surface area contributed by atoms with Crippen LogP contribution in [0.2, 0.25) is 0 Å². The lowest BCUT2D eigenvalue weighted by Gasteiger charge is -2.25.